The predicted octanol–water partition coefficient (Wildman–Crippen LogP) is 2.11. The average Bonchev–Trinajstić information content (AvgIpc) is 2.78. The largest absolute Gasteiger partial charge is 0.324 e. The Morgan fingerprint density at radius 1 is 1.04 bits per heavy atom. The van der Waals surface area contributed by atoms with Gasteiger partial charge in [0.1, 0.15) is 18.2 Å². The van der Waals surface area contributed by atoms with Crippen LogP contribution in [-0.2, 0) is 4.79 Å². The summed E-state index contributed by atoms with van der Waals surface area (Å²) in [6, 6.07) is 5.51. The molecule has 3 rings (SSSR count). The maximum Gasteiger partial charge on any atom is 0.270 e. The first-order chi connectivity index (χ1) is 12.3. The van der Waals surface area contributed by atoms with Crippen molar-refractivity contribution in [2.24, 2.45) is 0 Å². The zero-order chi connectivity index (χ0) is 19.0. The summed E-state index contributed by atoms with van der Waals surface area (Å²) in [5.74, 6) is -4.34. The van der Waals surface area contributed by atoms with Crippen LogP contribution in [0.25, 0.3) is 0 Å². The van der Waals surface area contributed by atoms with Gasteiger partial charge in [-0.25, -0.2) is 8.78 Å². The van der Waals surface area contributed by atoms with Gasteiger partial charge in [0.2, 0.25) is 5.91 Å². The number of rotatable bonds is 4. The Kier molecular flexibility index (Phi) is 4.16. The van der Waals surface area contributed by atoms with E-state index in [1.54, 1.807) is 0 Å². The number of anilines is 1. The van der Waals surface area contributed by atoms with E-state index in [4.69, 9.17) is 0 Å². The second kappa shape index (κ2) is 6.31. The number of nitrogens with one attached hydrogen (secondary N) is 1. The second-order valence-corrected chi connectivity index (χ2v) is 5.39. The standard InChI is InChI=1S/C16H9F2N3O5/c17-8-3-9(18)5-10(4-8)19-14(22)7-20-15(23)12-2-1-11(21(25)26)6-13(12)16(20)24/h1-6H,7H2,(H,19,22). The van der Waals surface area contributed by atoms with Crippen LogP contribution in [0.2, 0.25) is 0 Å². The molecule has 0 fully saturated rings. The number of fused-ring (bicyclic) bond motifs is 1. The van der Waals surface area contributed by atoms with Gasteiger partial charge in [-0.3, -0.25) is 29.4 Å². The fourth-order valence-electron chi connectivity index (χ4n) is 2.51. The van der Waals surface area contributed by atoms with Crippen molar-refractivity contribution in [3.05, 3.63) is 69.3 Å². The molecule has 0 bridgehead atoms. The van der Waals surface area contributed by atoms with Gasteiger partial charge in [0, 0.05) is 23.9 Å². The van der Waals surface area contributed by atoms with Crippen molar-refractivity contribution in [2.45, 2.75) is 0 Å². The molecule has 10 heteroatoms. The lowest BCUT2D eigenvalue weighted by molar-refractivity contribution is -0.384. The third-order valence-electron chi connectivity index (χ3n) is 3.61. The second-order valence-electron chi connectivity index (χ2n) is 5.39. The monoisotopic (exact) mass is 361 g/mol. The van der Waals surface area contributed by atoms with Gasteiger partial charge in [-0.05, 0) is 18.2 Å². The quantitative estimate of drug-likeness (QED) is 0.509. The highest BCUT2D eigenvalue weighted by Gasteiger charge is 2.37. The first-order valence-electron chi connectivity index (χ1n) is 7.17. The van der Waals surface area contributed by atoms with Crippen LogP contribution in [0.15, 0.2) is 36.4 Å². The minimum Gasteiger partial charge on any atom is -0.324 e. The summed E-state index contributed by atoms with van der Waals surface area (Å²) in [6.45, 7) is -0.710. The van der Waals surface area contributed by atoms with Crippen LogP contribution in [0.3, 0.4) is 0 Å². The van der Waals surface area contributed by atoms with E-state index in [-0.39, 0.29) is 22.5 Å². The number of nitro groups is 1. The Morgan fingerprint density at radius 2 is 1.65 bits per heavy atom. The lowest BCUT2D eigenvalue weighted by atomic mass is 10.1. The summed E-state index contributed by atoms with van der Waals surface area (Å²) in [6.07, 6.45) is 0. The molecule has 0 radical (unpaired) electrons. The Hall–Kier alpha value is -3.69. The lowest BCUT2D eigenvalue weighted by Crippen LogP contribution is -2.37. The fraction of sp³-hybridized carbons (Fsp3) is 0.0625. The molecule has 0 saturated carbocycles. The van der Waals surface area contributed by atoms with E-state index in [9.17, 15) is 33.3 Å². The highest BCUT2D eigenvalue weighted by atomic mass is 19.1. The van der Waals surface area contributed by atoms with Gasteiger partial charge >= 0.3 is 0 Å². The number of hydrogen-bond acceptors (Lipinski definition) is 5. The minimum absolute atomic E-state index is 0.0646. The number of carbonyl (C=O) groups excluding carboxylic acids is 3. The summed E-state index contributed by atoms with van der Waals surface area (Å²) in [4.78, 5) is 47.1. The van der Waals surface area contributed by atoms with Crippen LogP contribution in [-0.4, -0.2) is 34.1 Å². The highest BCUT2D eigenvalue weighted by Crippen LogP contribution is 2.26. The summed E-state index contributed by atoms with van der Waals surface area (Å²) in [5.41, 5.74) is -0.801. The van der Waals surface area contributed by atoms with Gasteiger partial charge in [-0.1, -0.05) is 0 Å². The van der Waals surface area contributed by atoms with Gasteiger partial charge in [0.05, 0.1) is 16.1 Å². The number of benzene rings is 2. The molecular formula is C16H9F2N3O5. The van der Waals surface area contributed by atoms with Crippen molar-refractivity contribution in [1.29, 1.82) is 0 Å². The number of nitro benzene ring substituents is 1. The molecule has 8 nitrogen and oxygen atoms in total. The zero-order valence-corrected chi connectivity index (χ0v) is 12.9. The van der Waals surface area contributed by atoms with Crippen LogP contribution in [0, 0.1) is 21.7 Å². The molecule has 0 aliphatic carbocycles. The van der Waals surface area contributed by atoms with Crippen molar-refractivity contribution < 1.29 is 28.1 Å². The molecule has 2 aromatic rings. The number of nitrogens with zero attached hydrogens (tertiary/aromatic N) is 2. The Bertz CT molecular complexity index is 956. The molecule has 0 saturated heterocycles. The highest BCUT2D eigenvalue weighted by molar-refractivity contribution is 6.23. The molecule has 0 atom stereocenters. The van der Waals surface area contributed by atoms with Gasteiger partial charge in [-0.2, -0.15) is 0 Å². The molecule has 0 aromatic heterocycles. The summed E-state index contributed by atoms with van der Waals surface area (Å²) < 4.78 is 26.2. The van der Waals surface area contributed by atoms with Gasteiger partial charge in [0.15, 0.2) is 0 Å². The Balaban J connectivity index is 1.78. The number of carbonyl (C=O) groups is 3. The maximum atomic E-state index is 13.1. The van der Waals surface area contributed by atoms with Gasteiger partial charge < -0.3 is 5.32 Å². The van der Waals surface area contributed by atoms with Crippen molar-refractivity contribution in [3.8, 4) is 0 Å². The molecule has 1 heterocycles. The maximum absolute atomic E-state index is 13.1. The molecule has 1 N–H and O–H groups in total. The van der Waals surface area contributed by atoms with Crippen molar-refractivity contribution in [1.82, 2.24) is 4.90 Å². The predicted molar refractivity (Wildman–Crippen MR) is 83.5 cm³/mol. The molecule has 26 heavy (non-hydrogen) atoms. The first kappa shape index (κ1) is 17.1. The van der Waals surface area contributed by atoms with Crippen molar-refractivity contribution in [3.63, 3.8) is 0 Å². The van der Waals surface area contributed by atoms with Crippen LogP contribution in [0.5, 0.6) is 0 Å². The third-order valence-corrected chi connectivity index (χ3v) is 3.61. The van der Waals surface area contributed by atoms with Gasteiger partial charge in [-0.15, -0.1) is 0 Å². The Labute approximate surface area is 144 Å². The van der Waals surface area contributed by atoms with E-state index in [0.29, 0.717) is 11.0 Å². The van der Waals surface area contributed by atoms with Crippen LogP contribution in [0.4, 0.5) is 20.2 Å². The van der Waals surface area contributed by atoms with Crippen molar-refractivity contribution >= 4 is 29.1 Å². The third kappa shape index (κ3) is 3.11. The normalized spacial score (nSPS) is 12.9. The van der Waals surface area contributed by atoms with E-state index in [2.05, 4.69) is 5.32 Å². The number of halogens is 2. The first-order valence-corrected chi connectivity index (χ1v) is 7.17. The van der Waals surface area contributed by atoms with Gasteiger partial charge in [0.25, 0.3) is 17.5 Å². The smallest absolute Gasteiger partial charge is 0.270 e. The molecule has 0 unspecified atom stereocenters. The van der Waals surface area contributed by atoms with E-state index in [1.807, 2.05) is 0 Å². The molecule has 3 amide bonds. The van der Waals surface area contributed by atoms with Crippen LogP contribution >= 0.6 is 0 Å². The van der Waals surface area contributed by atoms with Crippen LogP contribution < -0.4 is 5.32 Å². The summed E-state index contributed by atoms with van der Waals surface area (Å²) in [5, 5.41) is 13.0. The number of hydrogen-bond donors (Lipinski definition) is 1. The van der Waals surface area contributed by atoms with E-state index in [1.165, 1.54) is 0 Å². The molecule has 2 aromatic carbocycles. The van der Waals surface area contributed by atoms with E-state index < -0.39 is 40.8 Å². The SMILES string of the molecule is O=C(CN1C(=O)c2ccc([N+](=O)[O-])cc2C1=O)Nc1cc(F)cc(F)c1. The molecule has 1 aliphatic rings. The molecule has 0 spiro atoms. The van der Waals surface area contributed by atoms with Crippen molar-refractivity contribution in [2.75, 3.05) is 11.9 Å². The average molecular weight is 361 g/mol. The fourth-order valence-corrected chi connectivity index (χ4v) is 2.51. The Morgan fingerprint density at radius 3 is 2.27 bits per heavy atom. The topological polar surface area (TPSA) is 110 Å². The number of amides is 3. The number of non-ortho nitro benzene ring substituents is 1. The summed E-state index contributed by atoms with van der Waals surface area (Å²) in [7, 11) is 0. The zero-order valence-electron chi connectivity index (χ0n) is 12.9. The molecule has 132 valence electrons. The lowest BCUT2D eigenvalue weighted by Gasteiger charge is -2.13. The minimum atomic E-state index is -0.909. The summed E-state index contributed by atoms with van der Waals surface area (Å²) >= 11 is 0. The van der Waals surface area contributed by atoms with E-state index >= 15 is 0 Å². The molecule has 1 aliphatic heterocycles. The number of imide groups is 1. The van der Waals surface area contributed by atoms with Crippen LogP contribution in [0.1, 0.15) is 20.7 Å². The molecular weight excluding hydrogens is 352 g/mol. The van der Waals surface area contributed by atoms with E-state index in [0.717, 1.165) is 30.3 Å².